The van der Waals surface area contributed by atoms with Gasteiger partial charge in [0.05, 0.1) is 11.7 Å². The number of anilines is 2. The third-order valence-electron chi connectivity index (χ3n) is 4.91. The molecule has 1 aromatic heterocycles. The van der Waals surface area contributed by atoms with Crippen molar-refractivity contribution in [2.24, 2.45) is 17.6 Å². The summed E-state index contributed by atoms with van der Waals surface area (Å²) in [5.74, 6) is 1.06. The minimum atomic E-state index is -0.564. The lowest BCUT2D eigenvalue weighted by Crippen LogP contribution is -2.35. The molecule has 1 aliphatic rings. The summed E-state index contributed by atoms with van der Waals surface area (Å²) in [4.78, 5) is 20.3. The highest BCUT2D eigenvalue weighted by Crippen LogP contribution is 2.27. The molecule has 0 aliphatic heterocycles. The van der Waals surface area contributed by atoms with Crippen LogP contribution in [0.5, 0.6) is 0 Å². The highest BCUT2D eigenvalue weighted by atomic mass is 16.3. The summed E-state index contributed by atoms with van der Waals surface area (Å²) >= 11 is 0. The van der Waals surface area contributed by atoms with E-state index in [1.54, 1.807) is 0 Å². The van der Waals surface area contributed by atoms with E-state index in [2.05, 4.69) is 48.3 Å². The van der Waals surface area contributed by atoms with Gasteiger partial charge in [0, 0.05) is 18.3 Å². The van der Waals surface area contributed by atoms with Gasteiger partial charge in [-0.3, -0.25) is 4.79 Å². The summed E-state index contributed by atoms with van der Waals surface area (Å²) in [5, 5.41) is 16.6. The van der Waals surface area contributed by atoms with Crippen molar-refractivity contribution in [1.29, 1.82) is 0 Å². The molecule has 7 nitrogen and oxygen atoms in total. The molecule has 1 aromatic rings. The molecule has 0 radical (unpaired) electrons. The molecule has 0 spiro atoms. The van der Waals surface area contributed by atoms with Crippen LogP contribution in [0.3, 0.4) is 0 Å². The number of nitrogens with one attached hydrogen (secondary N) is 2. The van der Waals surface area contributed by atoms with Crippen LogP contribution in [0.1, 0.15) is 57.3 Å². The molecule has 0 unspecified atom stereocenters. The minimum Gasteiger partial charge on any atom is -0.393 e. The molecule has 24 heavy (non-hydrogen) atoms. The van der Waals surface area contributed by atoms with Gasteiger partial charge in [-0.1, -0.05) is 20.8 Å². The number of amides is 1. The zero-order valence-corrected chi connectivity index (χ0v) is 14.9. The van der Waals surface area contributed by atoms with E-state index in [-0.39, 0.29) is 23.8 Å². The van der Waals surface area contributed by atoms with Gasteiger partial charge in [-0.25, -0.2) is 4.98 Å². The molecule has 2 rings (SSSR count). The minimum absolute atomic E-state index is 0.0690. The SMILES string of the molecule is CC(C)[C@H](C)Nc1ncc(C(N)=O)c(N[C@@H]2CC[C@@H](C)[C@H](O)C2)n1. The van der Waals surface area contributed by atoms with Crippen LogP contribution in [0.25, 0.3) is 0 Å². The Balaban J connectivity index is 2.17. The molecule has 1 aliphatic carbocycles. The number of primary amides is 1. The Hall–Kier alpha value is -1.89. The fourth-order valence-corrected chi connectivity index (χ4v) is 2.73. The zero-order valence-electron chi connectivity index (χ0n) is 14.9. The van der Waals surface area contributed by atoms with Crippen molar-refractivity contribution < 1.29 is 9.90 Å². The molecule has 7 heteroatoms. The molecule has 0 bridgehead atoms. The highest BCUT2D eigenvalue weighted by molar-refractivity contribution is 5.97. The lowest BCUT2D eigenvalue weighted by molar-refractivity contribution is 0.0739. The molecule has 4 atom stereocenters. The van der Waals surface area contributed by atoms with Crippen LogP contribution < -0.4 is 16.4 Å². The number of hydrogen-bond acceptors (Lipinski definition) is 6. The molecular weight excluding hydrogens is 306 g/mol. The maximum atomic E-state index is 11.7. The second-order valence-corrected chi connectivity index (χ2v) is 7.20. The van der Waals surface area contributed by atoms with Crippen LogP contribution in [0, 0.1) is 11.8 Å². The van der Waals surface area contributed by atoms with Crippen LogP contribution in [-0.4, -0.2) is 39.2 Å². The van der Waals surface area contributed by atoms with Crippen molar-refractivity contribution in [3.05, 3.63) is 11.8 Å². The van der Waals surface area contributed by atoms with Crippen LogP contribution >= 0.6 is 0 Å². The Labute approximate surface area is 143 Å². The Morgan fingerprint density at radius 3 is 2.67 bits per heavy atom. The summed E-state index contributed by atoms with van der Waals surface area (Å²) in [5.41, 5.74) is 5.71. The largest absolute Gasteiger partial charge is 0.393 e. The predicted molar refractivity (Wildman–Crippen MR) is 94.9 cm³/mol. The number of hydrogen-bond donors (Lipinski definition) is 4. The standard InChI is InChI=1S/C17H29N5O2/c1-9(2)11(4)20-17-19-8-13(15(18)24)16(22-17)21-12-6-5-10(3)14(23)7-12/h8-12,14,23H,5-7H2,1-4H3,(H2,18,24)(H2,19,20,21,22)/t10-,11+,12-,14-/m1/s1. The zero-order chi connectivity index (χ0) is 17.9. The summed E-state index contributed by atoms with van der Waals surface area (Å²) in [6.07, 6.45) is 3.61. The lowest BCUT2D eigenvalue weighted by atomic mass is 9.85. The first-order valence-corrected chi connectivity index (χ1v) is 8.66. The summed E-state index contributed by atoms with van der Waals surface area (Å²) in [6.45, 7) is 8.33. The van der Waals surface area contributed by atoms with Crippen LogP contribution in [0.2, 0.25) is 0 Å². The van der Waals surface area contributed by atoms with Crippen molar-refractivity contribution in [3.8, 4) is 0 Å². The van der Waals surface area contributed by atoms with E-state index < -0.39 is 5.91 Å². The predicted octanol–water partition coefficient (Wildman–Crippen LogP) is 1.99. The quantitative estimate of drug-likeness (QED) is 0.632. The van der Waals surface area contributed by atoms with E-state index in [4.69, 9.17) is 5.73 Å². The van der Waals surface area contributed by atoms with Gasteiger partial charge in [0.25, 0.3) is 5.91 Å². The number of aliphatic hydroxyl groups excluding tert-OH is 1. The average molecular weight is 335 g/mol. The van der Waals surface area contributed by atoms with E-state index in [0.29, 0.717) is 30.0 Å². The van der Waals surface area contributed by atoms with Gasteiger partial charge in [-0.05, 0) is 38.0 Å². The van der Waals surface area contributed by atoms with Crippen molar-refractivity contribution >= 4 is 17.7 Å². The molecule has 0 aromatic carbocycles. The van der Waals surface area contributed by atoms with Gasteiger partial charge in [-0.2, -0.15) is 4.98 Å². The molecule has 5 N–H and O–H groups in total. The lowest BCUT2D eigenvalue weighted by Gasteiger charge is -2.32. The van der Waals surface area contributed by atoms with Gasteiger partial charge >= 0.3 is 0 Å². The Morgan fingerprint density at radius 1 is 1.38 bits per heavy atom. The van der Waals surface area contributed by atoms with Gasteiger partial charge in [0.1, 0.15) is 5.82 Å². The molecule has 1 fully saturated rings. The van der Waals surface area contributed by atoms with E-state index in [9.17, 15) is 9.90 Å². The molecule has 1 saturated carbocycles. The van der Waals surface area contributed by atoms with Crippen LogP contribution in [0.15, 0.2) is 6.20 Å². The third kappa shape index (κ3) is 4.56. The monoisotopic (exact) mass is 335 g/mol. The molecule has 0 saturated heterocycles. The normalized spacial score (nSPS) is 25.3. The van der Waals surface area contributed by atoms with Gasteiger partial charge in [-0.15, -0.1) is 0 Å². The number of aromatic nitrogens is 2. The summed E-state index contributed by atoms with van der Waals surface area (Å²) in [7, 11) is 0. The first-order chi connectivity index (χ1) is 11.3. The maximum Gasteiger partial charge on any atom is 0.254 e. The number of carbonyl (C=O) groups is 1. The number of nitrogens with two attached hydrogens (primary N) is 1. The van der Waals surface area contributed by atoms with Gasteiger partial charge < -0.3 is 21.5 Å². The summed E-state index contributed by atoms with van der Waals surface area (Å²) in [6, 6.07) is 0.272. The number of carbonyl (C=O) groups excluding carboxylic acids is 1. The van der Waals surface area contributed by atoms with Crippen LogP contribution in [-0.2, 0) is 0 Å². The van der Waals surface area contributed by atoms with Crippen molar-refractivity contribution in [2.75, 3.05) is 10.6 Å². The van der Waals surface area contributed by atoms with E-state index in [1.165, 1.54) is 6.20 Å². The first-order valence-electron chi connectivity index (χ1n) is 8.66. The van der Waals surface area contributed by atoms with Crippen molar-refractivity contribution in [3.63, 3.8) is 0 Å². The molecule has 1 amide bonds. The Kier molecular flexibility index (Phi) is 5.99. The highest BCUT2D eigenvalue weighted by Gasteiger charge is 2.27. The number of rotatable bonds is 6. The number of aliphatic hydroxyl groups is 1. The average Bonchev–Trinajstić information content (AvgIpc) is 2.50. The third-order valence-corrected chi connectivity index (χ3v) is 4.91. The second kappa shape index (κ2) is 7.79. The molecule has 134 valence electrons. The smallest absolute Gasteiger partial charge is 0.254 e. The Bertz CT molecular complexity index is 578. The number of nitrogens with zero attached hydrogens (tertiary/aromatic N) is 2. The van der Waals surface area contributed by atoms with Crippen molar-refractivity contribution in [1.82, 2.24) is 9.97 Å². The van der Waals surface area contributed by atoms with Crippen LogP contribution in [0.4, 0.5) is 11.8 Å². The van der Waals surface area contributed by atoms with Crippen molar-refractivity contribution in [2.45, 2.75) is 65.1 Å². The van der Waals surface area contributed by atoms with Gasteiger partial charge in [0.2, 0.25) is 5.95 Å². The second-order valence-electron chi connectivity index (χ2n) is 7.20. The molecular formula is C17H29N5O2. The van der Waals surface area contributed by atoms with E-state index >= 15 is 0 Å². The maximum absolute atomic E-state index is 11.7. The topological polar surface area (TPSA) is 113 Å². The molecule has 1 heterocycles. The summed E-state index contributed by atoms with van der Waals surface area (Å²) < 4.78 is 0. The van der Waals surface area contributed by atoms with E-state index in [1.807, 2.05) is 0 Å². The fraction of sp³-hybridized carbons (Fsp3) is 0.706. The van der Waals surface area contributed by atoms with E-state index in [0.717, 1.165) is 12.8 Å². The Morgan fingerprint density at radius 2 is 2.08 bits per heavy atom. The fourth-order valence-electron chi connectivity index (χ4n) is 2.73. The van der Waals surface area contributed by atoms with Gasteiger partial charge in [0.15, 0.2) is 0 Å². The first kappa shape index (κ1) is 18.4.